The Morgan fingerprint density at radius 3 is 2.81 bits per heavy atom. The maximum Gasteiger partial charge on any atom is 0.0808 e. The third-order valence-corrected chi connectivity index (χ3v) is 2.68. The van der Waals surface area contributed by atoms with Crippen LogP contribution >= 0.6 is 11.6 Å². The van der Waals surface area contributed by atoms with Crippen molar-refractivity contribution in [1.29, 1.82) is 0 Å². The molecule has 0 spiro atoms. The molecule has 1 unspecified atom stereocenters. The van der Waals surface area contributed by atoms with Gasteiger partial charge in [-0.1, -0.05) is 36.7 Å². The van der Waals surface area contributed by atoms with Crippen LogP contribution in [0.4, 0.5) is 0 Å². The highest BCUT2D eigenvalue weighted by Crippen LogP contribution is 2.24. The first-order valence-corrected chi connectivity index (χ1v) is 5.57. The van der Waals surface area contributed by atoms with Crippen LogP contribution in [0, 0.1) is 0 Å². The highest BCUT2D eigenvalue weighted by Gasteiger charge is 2.11. The summed E-state index contributed by atoms with van der Waals surface area (Å²) in [6.07, 6.45) is 3.50. The number of rotatable bonds is 3. The van der Waals surface area contributed by atoms with E-state index in [1.54, 1.807) is 17.1 Å². The molecule has 0 radical (unpaired) electrons. The Bertz CT molecular complexity index is 481. The molecule has 84 valence electrons. The third kappa shape index (κ3) is 2.10. The van der Waals surface area contributed by atoms with Gasteiger partial charge in [-0.2, -0.15) is 5.10 Å². The molecule has 1 aromatic heterocycles. The van der Waals surface area contributed by atoms with Crippen molar-refractivity contribution in [3.8, 4) is 5.69 Å². The lowest BCUT2D eigenvalue weighted by Gasteiger charge is -2.13. The summed E-state index contributed by atoms with van der Waals surface area (Å²) in [6.45, 7) is 1.94. The molecule has 3 nitrogen and oxygen atoms in total. The molecular weight excluding hydrogens is 224 g/mol. The molecular formula is C12H13ClN2O. The predicted octanol–water partition coefficient (Wildman–Crippen LogP) is 2.97. The monoisotopic (exact) mass is 236 g/mol. The van der Waals surface area contributed by atoms with Gasteiger partial charge in [0.1, 0.15) is 0 Å². The van der Waals surface area contributed by atoms with Gasteiger partial charge in [-0.3, -0.25) is 0 Å². The standard InChI is InChI=1S/C12H13ClN2O/c1-2-12(16)10-5-3-4-6-11(10)15-8-9(13)7-14-15/h3-8,12,16H,2H2,1H3. The van der Waals surface area contributed by atoms with E-state index in [2.05, 4.69) is 5.10 Å². The molecule has 2 aromatic rings. The minimum absolute atomic E-state index is 0.473. The van der Waals surface area contributed by atoms with Crippen LogP contribution in [-0.4, -0.2) is 14.9 Å². The van der Waals surface area contributed by atoms with Gasteiger partial charge in [0.15, 0.2) is 0 Å². The summed E-state index contributed by atoms with van der Waals surface area (Å²) in [4.78, 5) is 0. The Morgan fingerprint density at radius 1 is 1.44 bits per heavy atom. The van der Waals surface area contributed by atoms with E-state index in [9.17, 15) is 5.11 Å². The van der Waals surface area contributed by atoms with E-state index in [1.165, 1.54) is 0 Å². The first-order valence-electron chi connectivity index (χ1n) is 5.20. The Labute approximate surface area is 99.3 Å². The van der Waals surface area contributed by atoms with E-state index in [4.69, 9.17) is 11.6 Å². The SMILES string of the molecule is CCC(O)c1ccccc1-n1cc(Cl)cn1. The van der Waals surface area contributed by atoms with Gasteiger partial charge in [0, 0.05) is 11.8 Å². The molecule has 1 heterocycles. The van der Waals surface area contributed by atoms with Crippen LogP contribution in [0.5, 0.6) is 0 Å². The molecule has 0 aliphatic rings. The molecule has 2 rings (SSSR count). The van der Waals surface area contributed by atoms with Crippen molar-refractivity contribution in [2.75, 3.05) is 0 Å². The molecule has 0 amide bonds. The zero-order valence-corrected chi connectivity index (χ0v) is 9.72. The summed E-state index contributed by atoms with van der Waals surface area (Å²) in [5.74, 6) is 0. The minimum Gasteiger partial charge on any atom is -0.388 e. The van der Waals surface area contributed by atoms with Crippen molar-refractivity contribution in [1.82, 2.24) is 9.78 Å². The fraction of sp³-hybridized carbons (Fsp3) is 0.250. The lowest BCUT2D eigenvalue weighted by molar-refractivity contribution is 0.173. The molecule has 0 fully saturated rings. The van der Waals surface area contributed by atoms with Crippen LogP contribution in [0.2, 0.25) is 5.02 Å². The second-order valence-electron chi connectivity index (χ2n) is 3.59. The van der Waals surface area contributed by atoms with Gasteiger partial charge in [0.2, 0.25) is 0 Å². The van der Waals surface area contributed by atoms with Crippen molar-refractivity contribution in [2.24, 2.45) is 0 Å². The van der Waals surface area contributed by atoms with Gasteiger partial charge in [-0.05, 0) is 12.5 Å². The van der Waals surface area contributed by atoms with E-state index in [-0.39, 0.29) is 0 Å². The highest BCUT2D eigenvalue weighted by atomic mass is 35.5. The number of hydrogen-bond acceptors (Lipinski definition) is 2. The van der Waals surface area contributed by atoms with Crippen molar-refractivity contribution in [2.45, 2.75) is 19.4 Å². The number of benzene rings is 1. The Balaban J connectivity index is 2.48. The number of para-hydroxylation sites is 1. The average Bonchev–Trinajstić information content (AvgIpc) is 2.75. The predicted molar refractivity (Wildman–Crippen MR) is 63.8 cm³/mol. The van der Waals surface area contributed by atoms with Gasteiger partial charge in [0.25, 0.3) is 0 Å². The van der Waals surface area contributed by atoms with Crippen molar-refractivity contribution < 1.29 is 5.11 Å². The molecule has 16 heavy (non-hydrogen) atoms. The normalized spacial score (nSPS) is 12.7. The van der Waals surface area contributed by atoms with E-state index in [1.807, 2.05) is 31.2 Å². The third-order valence-electron chi connectivity index (χ3n) is 2.48. The molecule has 0 aliphatic carbocycles. The van der Waals surface area contributed by atoms with Crippen LogP contribution in [0.3, 0.4) is 0 Å². The molecule has 1 atom stereocenters. The van der Waals surface area contributed by atoms with E-state index < -0.39 is 6.10 Å². The maximum absolute atomic E-state index is 9.90. The fourth-order valence-corrected chi connectivity index (χ4v) is 1.77. The van der Waals surface area contributed by atoms with Crippen LogP contribution in [0.15, 0.2) is 36.7 Å². The first-order chi connectivity index (χ1) is 7.72. The topological polar surface area (TPSA) is 38.0 Å². The molecule has 0 aliphatic heterocycles. The number of nitrogens with zero attached hydrogens (tertiary/aromatic N) is 2. The van der Waals surface area contributed by atoms with Gasteiger partial charge in [-0.25, -0.2) is 4.68 Å². The molecule has 0 bridgehead atoms. The molecule has 1 N–H and O–H groups in total. The number of hydrogen-bond donors (Lipinski definition) is 1. The smallest absolute Gasteiger partial charge is 0.0808 e. The average molecular weight is 237 g/mol. The summed E-state index contributed by atoms with van der Waals surface area (Å²) in [5.41, 5.74) is 1.73. The molecule has 1 aromatic carbocycles. The summed E-state index contributed by atoms with van der Waals surface area (Å²) in [5, 5.41) is 14.6. The second-order valence-corrected chi connectivity index (χ2v) is 4.02. The van der Waals surface area contributed by atoms with E-state index in [0.717, 1.165) is 11.3 Å². The van der Waals surface area contributed by atoms with Crippen LogP contribution in [0.1, 0.15) is 25.0 Å². The maximum atomic E-state index is 9.90. The van der Waals surface area contributed by atoms with E-state index in [0.29, 0.717) is 11.4 Å². The zero-order valence-electron chi connectivity index (χ0n) is 8.97. The Morgan fingerprint density at radius 2 is 2.19 bits per heavy atom. The molecule has 4 heteroatoms. The fourth-order valence-electron chi connectivity index (χ4n) is 1.63. The number of halogens is 1. The molecule has 0 saturated heterocycles. The van der Waals surface area contributed by atoms with Crippen molar-refractivity contribution in [3.05, 3.63) is 47.2 Å². The van der Waals surface area contributed by atoms with Crippen LogP contribution in [0.25, 0.3) is 5.69 Å². The Hall–Kier alpha value is -1.32. The first kappa shape index (κ1) is 11.2. The highest BCUT2D eigenvalue weighted by molar-refractivity contribution is 6.30. The van der Waals surface area contributed by atoms with Crippen molar-refractivity contribution >= 4 is 11.6 Å². The summed E-state index contributed by atoms with van der Waals surface area (Å²) < 4.78 is 1.68. The molecule has 0 saturated carbocycles. The lowest BCUT2D eigenvalue weighted by Crippen LogP contribution is -2.04. The van der Waals surface area contributed by atoms with Gasteiger partial charge in [0.05, 0.1) is 23.0 Å². The second kappa shape index (κ2) is 4.68. The number of aliphatic hydroxyl groups excluding tert-OH is 1. The van der Waals surface area contributed by atoms with Crippen molar-refractivity contribution in [3.63, 3.8) is 0 Å². The Kier molecular flexibility index (Phi) is 3.27. The number of aromatic nitrogens is 2. The van der Waals surface area contributed by atoms with Crippen LogP contribution < -0.4 is 0 Å². The quantitative estimate of drug-likeness (QED) is 0.890. The summed E-state index contributed by atoms with van der Waals surface area (Å²) >= 11 is 5.83. The van der Waals surface area contributed by atoms with Gasteiger partial charge < -0.3 is 5.11 Å². The van der Waals surface area contributed by atoms with Gasteiger partial charge >= 0.3 is 0 Å². The van der Waals surface area contributed by atoms with Gasteiger partial charge in [-0.15, -0.1) is 0 Å². The van der Waals surface area contributed by atoms with E-state index >= 15 is 0 Å². The summed E-state index contributed by atoms with van der Waals surface area (Å²) in [7, 11) is 0. The van der Waals surface area contributed by atoms with Crippen LogP contribution in [-0.2, 0) is 0 Å². The summed E-state index contributed by atoms with van der Waals surface area (Å²) in [6, 6.07) is 7.64. The zero-order chi connectivity index (χ0) is 11.5. The minimum atomic E-state index is -0.473. The number of aliphatic hydroxyl groups is 1. The largest absolute Gasteiger partial charge is 0.388 e. The lowest BCUT2D eigenvalue weighted by atomic mass is 10.1.